The molecule has 1 atom stereocenters. The molecule has 1 unspecified atom stereocenters. The maximum absolute atomic E-state index is 13.1. The van der Waals surface area contributed by atoms with E-state index in [4.69, 9.17) is 5.73 Å². The van der Waals surface area contributed by atoms with Crippen LogP contribution in [0.3, 0.4) is 0 Å². The maximum atomic E-state index is 13.1. The molecule has 0 spiro atoms. The third kappa shape index (κ3) is 4.44. The summed E-state index contributed by atoms with van der Waals surface area (Å²) in [6.07, 6.45) is 2.31. The van der Waals surface area contributed by atoms with Crippen LogP contribution in [-0.2, 0) is 0 Å². The van der Waals surface area contributed by atoms with Gasteiger partial charge in [-0.15, -0.1) is 0 Å². The van der Waals surface area contributed by atoms with Crippen LogP contribution in [0, 0.1) is 11.7 Å². The molecule has 0 amide bonds. The van der Waals surface area contributed by atoms with E-state index in [1.807, 2.05) is 6.07 Å². The second kappa shape index (κ2) is 7.41. The summed E-state index contributed by atoms with van der Waals surface area (Å²) in [6, 6.07) is 6.70. The molecule has 0 heterocycles. The van der Waals surface area contributed by atoms with Gasteiger partial charge in [0, 0.05) is 12.6 Å². The Balaban J connectivity index is 2.59. The van der Waals surface area contributed by atoms with Gasteiger partial charge in [0.2, 0.25) is 0 Å². The Morgan fingerprint density at radius 1 is 1.29 bits per heavy atom. The number of hydrogen-bond acceptors (Lipinski definition) is 2. The van der Waals surface area contributed by atoms with Crippen LogP contribution in [0.2, 0.25) is 0 Å². The van der Waals surface area contributed by atoms with E-state index in [1.54, 1.807) is 12.1 Å². The number of halogens is 1. The maximum Gasteiger partial charge on any atom is 0.123 e. The fraction of sp³-hybridized carbons (Fsp3) is 0.571. The van der Waals surface area contributed by atoms with Crippen molar-refractivity contribution in [2.75, 3.05) is 13.1 Å². The van der Waals surface area contributed by atoms with Gasteiger partial charge in [0.25, 0.3) is 0 Å². The lowest BCUT2D eigenvalue weighted by Gasteiger charge is -2.21. The van der Waals surface area contributed by atoms with Gasteiger partial charge < -0.3 is 11.1 Å². The minimum atomic E-state index is -0.203. The zero-order chi connectivity index (χ0) is 12.7. The molecular formula is C14H23FN2. The predicted octanol–water partition coefficient (Wildman–Crippen LogP) is 2.85. The van der Waals surface area contributed by atoms with Crippen LogP contribution < -0.4 is 11.1 Å². The first-order valence-corrected chi connectivity index (χ1v) is 6.40. The van der Waals surface area contributed by atoms with Crippen LogP contribution in [0.15, 0.2) is 24.3 Å². The first-order chi connectivity index (χ1) is 8.21. The molecular weight excluding hydrogens is 215 g/mol. The normalized spacial score (nSPS) is 13.0. The van der Waals surface area contributed by atoms with Crippen LogP contribution in [0.4, 0.5) is 4.39 Å². The Labute approximate surface area is 103 Å². The van der Waals surface area contributed by atoms with Crippen LogP contribution in [-0.4, -0.2) is 13.1 Å². The first-order valence-electron chi connectivity index (χ1n) is 6.40. The minimum absolute atomic E-state index is 0.0475. The zero-order valence-electron chi connectivity index (χ0n) is 10.7. The molecule has 96 valence electrons. The van der Waals surface area contributed by atoms with Crippen molar-refractivity contribution < 1.29 is 4.39 Å². The Hall–Kier alpha value is -0.930. The van der Waals surface area contributed by atoms with E-state index in [2.05, 4.69) is 19.2 Å². The van der Waals surface area contributed by atoms with E-state index >= 15 is 0 Å². The summed E-state index contributed by atoms with van der Waals surface area (Å²) < 4.78 is 13.1. The van der Waals surface area contributed by atoms with Gasteiger partial charge in [0.1, 0.15) is 5.82 Å². The SMILES string of the molecule is CCC(CC)CNC(CN)c1cccc(F)c1. The molecule has 0 bridgehead atoms. The summed E-state index contributed by atoms with van der Waals surface area (Å²) in [4.78, 5) is 0. The van der Waals surface area contributed by atoms with E-state index in [9.17, 15) is 4.39 Å². The van der Waals surface area contributed by atoms with Gasteiger partial charge in [0.05, 0.1) is 0 Å². The molecule has 0 saturated carbocycles. The molecule has 0 aliphatic heterocycles. The molecule has 0 saturated heterocycles. The van der Waals surface area contributed by atoms with E-state index < -0.39 is 0 Å². The van der Waals surface area contributed by atoms with Gasteiger partial charge in [-0.1, -0.05) is 38.8 Å². The van der Waals surface area contributed by atoms with Crippen molar-refractivity contribution in [3.8, 4) is 0 Å². The average Bonchev–Trinajstić information content (AvgIpc) is 2.35. The zero-order valence-corrected chi connectivity index (χ0v) is 10.7. The van der Waals surface area contributed by atoms with Gasteiger partial charge in [0.15, 0.2) is 0 Å². The highest BCUT2D eigenvalue weighted by Gasteiger charge is 2.11. The van der Waals surface area contributed by atoms with Crippen LogP contribution in [0.5, 0.6) is 0 Å². The highest BCUT2D eigenvalue weighted by atomic mass is 19.1. The van der Waals surface area contributed by atoms with E-state index in [0.29, 0.717) is 12.5 Å². The van der Waals surface area contributed by atoms with Crippen molar-refractivity contribution in [1.29, 1.82) is 0 Å². The van der Waals surface area contributed by atoms with Gasteiger partial charge in [-0.2, -0.15) is 0 Å². The van der Waals surface area contributed by atoms with E-state index in [1.165, 1.54) is 6.07 Å². The molecule has 3 N–H and O–H groups in total. The molecule has 17 heavy (non-hydrogen) atoms. The largest absolute Gasteiger partial charge is 0.329 e. The summed E-state index contributed by atoms with van der Waals surface area (Å²) in [7, 11) is 0. The monoisotopic (exact) mass is 238 g/mol. The summed E-state index contributed by atoms with van der Waals surface area (Å²) in [5.74, 6) is 0.461. The van der Waals surface area contributed by atoms with Crippen molar-refractivity contribution in [1.82, 2.24) is 5.32 Å². The van der Waals surface area contributed by atoms with Crippen molar-refractivity contribution in [2.45, 2.75) is 32.7 Å². The highest BCUT2D eigenvalue weighted by molar-refractivity contribution is 5.20. The molecule has 1 aromatic carbocycles. The van der Waals surface area contributed by atoms with Crippen molar-refractivity contribution in [3.63, 3.8) is 0 Å². The van der Waals surface area contributed by atoms with Gasteiger partial charge >= 0.3 is 0 Å². The van der Waals surface area contributed by atoms with Crippen LogP contribution in [0.1, 0.15) is 38.3 Å². The Morgan fingerprint density at radius 3 is 2.53 bits per heavy atom. The third-order valence-electron chi connectivity index (χ3n) is 3.29. The average molecular weight is 238 g/mol. The molecule has 1 rings (SSSR count). The van der Waals surface area contributed by atoms with Gasteiger partial charge in [-0.3, -0.25) is 0 Å². The third-order valence-corrected chi connectivity index (χ3v) is 3.29. The molecule has 0 fully saturated rings. The molecule has 0 aliphatic carbocycles. The number of nitrogens with one attached hydrogen (secondary N) is 1. The first kappa shape index (κ1) is 14.1. The second-order valence-electron chi connectivity index (χ2n) is 4.43. The van der Waals surface area contributed by atoms with Crippen molar-refractivity contribution >= 4 is 0 Å². The quantitative estimate of drug-likeness (QED) is 0.766. The second-order valence-corrected chi connectivity index (χ2v) is 4.43. The predicted molar refractivity (Wildman–Crippen MR) is 70.3 cm³/mol. The molecule has 2 nitrogen and oxygen atoms in total. The standard InChI is InChI=1S/C14H23FN2/c1-3-11(4-2)10-17-14(9-16)12-6-5-7-13(15)8-12/h5-8,11,14,17H,3-4,9-10,16H2,1-2H3. The van der Waals surface area contributed by atoms with E-state index in [0.717, 1.165) is 24.9 Å². The Bertz CT molecular complexity index is 324. The van der Waals surface area contributed by atoms with Crippen molar-refractivity contribution in [3.05, 3.63) is 35.6 Å². The number of hydrogen-bond donors (Lipinski definition) is 2. The molecule has 3 heteroatoms. The number of nitrogens with two attached hydrogens (primary N) is 1. The molecule has 0 radical (unpaired) electrons. The fourth-order valence-corrected chi connectivity index (χ4v) is 1.95. The highest BCUT2D eigenvalue weighted by Crippen LogP contribution is 2.14. The van der Waals surface area contributed by atoms with Crippen LogP contribution in [0.25, 0.3) is 0 Å². The van der Waals surface area contributed by atoms with Gasteiger partial charge in [-0.05, 0) is 30.2 Å². The lowest BCUT2D eigenvalue weighted by Crippen LogP contribution is -2.32. The van der Waals surface area contributed by atoms with Crippen LogP contribution >= 0.6 is 0 Å². The molecule has 1 aromatic rings. The smallest absolute Gasteiger partial charge is 0.123 e. The summed E-state index contributed by atoms with van der Waals surface area (Å²) in [5, 5.41) is 3.42. The Kier molecular flexibility index (Phi) is 6.16. The summed E-state index contributed by atoms with van der Waals surface area (Å²) in [6.45, 7) is 5.81. The minimum Gasteiger partial charge on any atom is -0.329 e. The lowest BCUT2D eigenvalue weighted by atomic mass is 10.0. The fourth-order valence-electron chi connectivity index (χ4n) is 1.95. The summed E-state index contributed by atoms with van der Waals surface area (Å²) >= 11 is 0. The van der Waals surface area contributed by atoms with Gasteiger partial charge in [-0.25, -0.2) is 4.39 Å². The Morgan fingerprint density at radius 2 is 2.00 bits per heavy atom. The van der Waals surface area contributed by atoms with E-state index in [-0.39, 0.29) is 11.9 Å². The summed E-state index contributed by atoms with van der Waals surface area (Å²) in [5.41, 5.74) is 6.67. The van der Waals surface area contributed by atoms with Crippen molar-refractivity contribution in [2.24, 2.45) is 11.7 Å². The molecule has 0 aromatic heterocycles. The topological polar surface area (TPSA) is 38.0 Å². The lowest BCUT2D eigenvalue weighted by molar-refractivity contribution is 0.413. The number of benzene rings is 1. The number of rotatable bonds is 7. The molecule has 0 aliphatic rings.